The van der Waals surface area contributed by atoms with Crippen molar-refractivity contribution in [1.82, 2.24) is 0 Å². The maximum Gasteiger partial charge on any atom is 0.165 e. The summed E-state index contributed by atoms with van der Waals surface area (Å²) in [5.74, 6) is 0.866. The van der Waals surface area contributed by atoms with Gasteiger partial charge in [0, 0.05) is 22.7 Å². The zero-order valence-corrected chi connectivity index (χ0v) is 15.2. The summed E-state index contributed by atoms with van der Waals surface area (Å²) in [6, 6.07) is 24.4. The maximum absolute atomic E-state index is 12.7. The molecule has 0 unspecified atom stereocenters. The van der Waals surface area contributed by atoms with Crippen molar-refractivity contribution in [2.45, 2.75) is 12.5 Å². The molecule has 0 aromatic heterocycles. The van der Waals surface area contributed by atoms with Gasteiger partial charge in [0.25, 0.3) is 0 Å². The Balaban J connectivity index is 1.86. The number of hydrogen-bond acceptors (Lipinski definition) is 3. The molecule has 3 aromatic carbocycles. The highest BCUT2D eigenvalue weighted by molar-refractivity contribution is 6.30. The Bertz CT molecular complexity index is 863. The molecule has 1 atom stereocenters. The Morgan fingerprint density at radius 2 is 1.73 bits per heavy atom. The molecule has 3 nitrogen and oxygen atoms in total. The van der Waals surface area contributed by atoms with Crippen LogP contribution in [0.1, 0.15) is 28.4 Å². The van der Waals surface area contributed by atoms with Crippen molar-refractivity contribution < 1.29 is 9.53 Å². The van der Waals surface area contributed by atoms with E-state index in [4.69, 9.17) is 16.3 Å². The standard InChI is InChI=1S/C22H20ClNO2/c1-26-20-12-10-16(11-13-20)21(24-19-9-5-8-18(23)14-19)15-22(25)17-6-3-2-4-7-17/h2-14,21,24H,15H2,1H3/t21-/m0/s1. The Labute approximate surface area is 158 Å². The zero-order chi connectivity index (χ0) is 18.4. The number of nitrogens with one attached hydrogen (secondary N) is 1. The normalized spacial score (nSPS) is 11.6. The average molecular weight is 366 g/mol. The highest BCUT2D eigenvalue weighted by Crippen LogP contribution is 2.27. The molecule has 0 saturated carbocycles. The lowest BCUT2D eigenvalue weighted by molar-refractivity contribution is 0.0976. The molecule has 3 aromatic rings. The van der Waals surface area contributed by atoms with Crippen LogP contribution < -0.4 is 10.1 Å². The van der Waals surface area contributed by atoms with Crippen LogP contribution in [0.25, 0.3) is 0 Å². The topological polar surface area (TPSA) is 38.3 Å². The number of ketones is 1. The first-order valence-electron chi connectivity index (χ1n) is 8.40. The summed E-state index contributed by atoms with van der Waals surface area (Å²) in [5.41, 5.74) is 2.59. The quantitative estimate of drug-likeness (QED) is 0.540. The summed E-state index contributed by atoms with van der Waals surface area (Å²) in [5, 5.41) is 4.08. The molecule has 0 aliphatic heterocycles. The van der Waals surface area contributed by atoms with Gasteiger partial charge in [-0.1, -0.05) is 60.1 Å². The molecule has 0 aliphatic rings. The molecule has 0 radical (unpaired) electrons. The van der Waals surface area contributed by atoms with E-state index in [1.165, 1.54) is 0 Å². The van der Waals surface area contributed by atoms with Gasteiger partial charge in [-0.25, -0.2) is 0 Å². The number of methoxy groups -OCH3 is 1. The van der Waals surface area contributed by atoms with Crippen LogP contribution >= 0.6 is 11.6 Å². The van der Waals surface area contributed by atoms with Crippen molar-refractivity contribution in [2.75, 3.05) is 12.4 Å². The first kappa shape index (κ1) is 18.0. The van der Waals surface area contributed by atoms with E-state index < -0.39 is 0 Å². The molecular formula is C22H20ClNO2. The van der Waals surface area contributed by atoms with Gasteiger partial charge in [-0.2, -0.15) is 0 Å². The van der Waals surface area contributed by atoms with E-state index in [-0.39, 0.29) is 11.8 Å². The van der Waals surface area contributed by atoms with Gasteiger partial charge in [0.2, 0.25) is 0 Å². The van der Waals surface area contributed by atoms with Gasteiger partial charge in [0.05, 0.1) is 13.2 Å². The van der Waals surface area contributed by atoms with Crippen LogP contribution in [0.15, 0.2) is 78.9 Å². The molecule has 0 heterocycles. The van der Waals surface area contributed by atoms with Gasteiger partial charge in [-0.3, -0.25) is 4.79 Å². The fourth-order valence-electron chi connectivity index (χ4n) is 2.80. The third kappa shape index (κ3) is 4.64. The van der Waals surface area contributed by atoms with E-state index in [2.05, 4.69) is 5.32 Å². The summed E-state index contributed by atoms with van der Waals surface area (Å²) >= 11 is 6.09. The summed E-state index contributed by atoms with van der Waals surface area (Å²) < 4.78 is 5.23. The van der Waals surface area contributed by atoms with Crippen molar-refractivity contribution >= 4 is 23.1 Å². The van der Waals surface area contributed by atoms with Crippen LogP contribution in [0.2, 0.25) is 5.02 Å². The van der Waals surface area contributed by atoms with E-state index in [9.17, 15) is 4.79 Å². The van der Waals surface area contributed by atoms with Crippen LogP contribution in [0, 0.1) is 0 Å². The van der Waals surface area contributed by atoms with Gasteiger partial charge in [-0.15, -0.1) is 0 Å². The molecule has 4 heteroatoms. The third-order valence-corrected chi connectivity index (χ3v) is 4.40. The third-order valence-electron chi connectivity index (χ3n) is 4.17. The highest BCUT2D eigenvalue weighted by Gasteiger charge is 2.17. The number of carbonyl (C=O) groups is 1. The van der Waals surface area contributed by atoms with Crippen molar-refractivity contribution in [1.29, 1.82) is 0 Å². The summed E-state index contributed by atoms with van der Waals surface area (Å²) in [4.78, 5) is 12.7. The molecule has 0 amide bonds. The second-order valence-corrected chi connectivity index (χ2v) is 6.41. The van der Waals surface area contributed by atoms with E-state index >= 15 is 0 Å². The fraction of sp³-hybridized carbons (Fsp3) is 0.136. The first-order chi connectivity index (χ1) is 12.7. The van der Waals surface area contributed by atoms with E-state index in [1.807, 2.05) is 78.9 Å². The largest absolute Gasteiger partial charge is 0.497 e. The van der Waals surface area contributed by atoms with E-state index in [0.717, 1.165) is 17.0 Å². The Morgan fingerprint density at radius 3 is 2.38 bits per heavy atom. The molecule has 1 N–H and O–H groups in total. The predicted molar refractivity (Wildman–Crippen MR) is 106 cm³/mol. The van der Waals surface area contributed by atoms with Crippen LogP contribution in [0.4, 0.5) is 5.69 Å². The molecule has 0 fully saturated rings. The van der Waals surface area contributed by atoms with Crippen molar-refractivity contribution in [2.24, 2.45) is 0 Å². The lowest BCUT2D eigenvalue weighted by atomic mass is 9.97. The summed E-state index contributed by atoms with van der Waals surface area (Å²) in [7, 11) is 1.63. The zero-order valence-electron chi connectivity index (χ0n) is 14.5. The van der Waals surface area contributed by atoms with E-state index in [1.54, 1.807) is 7.11 Å². The molecule has 0 spiro atoms. The second kappa shape index (κ2) is 8.54. The minimum Gasteiger partial charge on any atom is -0.497 e. The Hall–Kier alpha value is -2.78. The van der Waals surface area contributed by atoms with Crippen LogP contribution in [-0.4, -0.2) is 12.9 Å². The van der Waals surface area contributed by atoms with Crippen LogP contribution in [-0.2, 0) is 0 Å². The average Bonchev–Trinajstić information content (AvgIpc) is 2.68. The molecular weight excluding hydrogens is 346 g/mol. The molecule has 0 aliphatic carbocycles. The number of carbonyl (C=O) groups excluding carboxylic acids is 1. The van der Waals surface area contributed by atoms with Crippen molar-refractivity contribution in [3.8, 4) is 5.75 Å². The van der Waals surface area contributed by atoms with E-state index in [0.29, 0.717) is 17.0 Å². The Morgan fingerprint density at radius 1 is 1.00 bits per heavy atom. The maximum atomic E-state index is 12.7. The monoisotopic (exact) mass is 365 g/mol. The lowest BCUT2D eigenvalue weighted by Gasteiger charge is -2.20. The molecule has 26 heavy (non-hydrogen) atoms. The lowest BCUT2D eigenvalue weighted by Crippen LogP contribution is -2.16. The smallest absolute Gasteiger partial charge is 0.165 e. The molecule has 0 saturated heterocycles. The SMILES string of the molecule is COc1ccc([C@H](CC(=O)c2ccccc2)Nc2cccc(Cl)c2)cc1. The van der Waals surface area contributed by atoms with Crippen LogP contribution in [0.5, 0.6) is 5.75 Å². The number of rotatable bonds is 7. The molecule has 3 rings (SSSR count). The minimum atomic E-state index is -0.174. The number of anilines is 1. The van der Waals surface area contributed by atoms with Gasteiger partial charge < -0.3 is 10.1 Å². The first-order valence-corrected chi connectivity index (χ1v) is 8.78. The summed E-state index contributed by atoms with van der Waals surface area (Å²) in [6.07, 6.45) is 0.336. The predicted octanol–water partition coefficient (Wildman–Crippen LogP) is 5.77. The number of Topliss-reactive ketones (excluding diaryl/α,β-unsaturated/α-hetero) is 1. The number of benzene rings is 3. The fourth-order valence-corrected chi connectivity index (χ4v) is 2.99. The van der Waals surface area contributed by atoms with Crippen LogP contribution in [0.3, 0.4) is 0 Å². The number of halogens is 1. The number of hydrogen-bond donors (Lipinski definition) is 1. The molecule has 132 valence electrons. The highest BCUT2D eigenvalue weighted by atomic mass is 35.5. The van der Waals surface area contributed by atoms with Gasteiger partial charge in [0.15, 0.2) is 5.78 Å². The van der Waals surface area contributed by atoms with Gasteiger partial charge >= 0.3 is 0 Å². The number of ether oxygens (including phenoxy) is 1. The van der Waals surface area contributed by atoms with Crippen molar-refractivity contribution in [3.63, 3.8) is 0 Å². The molecule has 0 bridgehead atoms. The second-order valence-electron chi connectivity index (χ2n) is 5.97. The minimum absolute atomic E-state index is 0.0842. The van der Waals surface area contributed by atoms with Gasteiger partial charge in [0.1, 0.15) is 5.75 Å². The summed E-state index contributed by atoms with van der Waals surface area (Å²) in [6.45, 7) is 0. The van der Waals surface area contributed by atoms with Crippen molar-refractivity contribution in [3.05, 3.63) is 95.0 Å². The van der Waals surface area contributed by atoms with Gasteiger partial charge in [-0.05, 0) is 35.9 Å². The Kier molecular flexibility index (Phi) is 5.92.